The zero-order chi connectivity index (χ0) is 51.2. The van der Waals surface area contributed by atoms with Gasteiger partial charge in [-0.05, 0) is 186 Å². The maximum Gasteiger partial charge on any atom is 0.197 e. The summed E-state index contributed by atoms with van der Waals surface area (Å²) in [6, 6.07) is 45.1. The molecule has 4 aliphatic carbocycles. The van der Waals surface area contributed by atoms with Gasteiger partial charge in [0.1, 0.15) is 11.2 Å². The van der Waals surface area contributed by atoms with Gasteiger partial charge in [0.15, 0.2) is 7.28 Å². The van der Waals surface area contributed by atoms with E-state index in [1.54, 1.807) is 0 Å². The second-order valence-corrected chi connectivity index (χ2v) is 27.6. The molecule has 0 amide bonds. The molecule has 1 aliphatic heterocycles. The molecule has 3 nitrogen and oxygen atoms in total. The number of nitrogens with zero attached hydrogens (tertiary/aromatic N) is 1. The van der Waals surface area contributed by atoms with Crippen LogP contribution >= 0.6 is 0 Å². The van der Waals surface area contributed by atoms with E-state index in [0.29, 0.717) is 0 Å². The highest BCUT2D eigenvalue weighted by molar-refractivity contribution is 6.73. The van der Waals surface area contributed by atoms with Crippen LogP contribution < -0.4 is 21.1 Å². The molecular weight excluding hydrogens is 884 g/mol. The third-order valence-corrected chi connectivity index (χ3v) is 19.7. The summed E-state index contributed by atoms with van der Waals surface area (Å²) in [5.41, 5.74) is 27.1. The average molecular weight is 958 g/mol. The van der Waals surface area contributed by atoms with Gasteiger partial charge in [-0.2, -0.15) is 0 Å². The SMILES string of the molecule is CC1(C)CCC(C)(C)c2cc(Nc3cc4oc5ccccc5c4cc3-c3c4c(cc5c3C(C)(C)c3ccccc3-5)N(c3ccc5c(c3)C(C)(C)CCC5(C)C)c3cc5c(cc3[B]4)C(C)(C)CCC5(C)C)ccc21. The Morgan fingerprint density at radius 3 is 1.67 bits per heavy atom. The van der Waals surface area contributed by atoms with E-state index in [2.05, 4.69) is 230 Å². The number of rotatable bonds is 4. The third-order valence-electron chi connectivity index (χ3n) is 19.7. The second-order valence-electron chi connectivity index (χ2n) is 27.6. The Kier molecular flexibility index (Phi) is 9.66. The lowest BCUT2D eigenvalue weighted by atomic mass is 9.54. The number of nitrogens with one attached hydrogen (secondary N) is 1. The van der Waals surface area contributed by atoms with Gasteiger partial charge >= 0.3 is 0 Å². The third kappa shape index (κ3) is 6.83. The molecule has 0 bridgehead atoms. The van der Waals surface area contributed by atoms with Crippen LogP contribution in [-0.2, 0) is 37.9 Å². The zero-order valence-electron chi connectivity index (χ0n) is 46.1. The number of hydrogen-bond donors (Lipinski definition) is 1. The van der Waals surface area contributed by atoms with Gasteiger partial charge < -0.3 is 14.6 Å². The van der Waals surface area contributed by atoms with Crippen molar-refractivity contribution in [2.45, 2.75) is 173 Å². The number of fused-ring (bicyclic) bond motifs is 11. The first-order chi connectivity index (χ1) is 34.4. The van der Waals surface area contributed by atoms with E-state index in [-0.39, 0.29) is 37.9 Å². The number of hydrogen-bond acceptors (Lipinski definition) is 3. The van der Waals surface area contributed by atoms with Crippen molar-refractivity contribution in [1.29, 1.82) is 0 Å². The van der Waals surface area contributed by atoms with Gasteiger partial charge in [-0.1, -0.05) is 163 Å². The lowest BCUT2D eigenvalue weighted by Gasteiger charge is -2.45. The molecule has 8 aromatic rings. The van der Waals surface area contributed by atoms with E-state index >= 15 is 0 Å². The highest BCUT2D eigenvalue weighted by Gasteiger charge is 2.45. The van der Waals surface area contributed by atoms with Crippen LogP contribution in [0.3, 0.4) is 0 Å². The second kappa shape index (κ2) is 15.1. The topological polar surface area (TPSA) is 28.4 Å². The molecule has 73 heavy (non-hydrogen) atoms. The summed E-state index contributed by atoms with van der Waals surface area (Å²) in [6.45, 7) is 34.3. The summed E-state index contributed by atoms with van der Waals surface area (Å²) >= 11 is 0. The van der Waals surface area contributed by atoms with Crippen LogP contribution in [0.4, 0.5) is 28.4 Å². The highest BCUT2D eigenvalue weighted by Crippen LogP contribution is 2.58. The molecule has 0 saturated carbocycles. The minimum absolute atomic E-state index is 0.0464. The Labute approximate surface area is 436 Å². The fourth-order valence-electron chi connectivity index (χ4n) is 14.7. The summed E-state index contributed by atoms with van der Waals surface area (Å²) in [5.74, 6) is 0. The number of para-hydroxylation sites is 1. The van der Waals surface area contributed by atoms with Crippen molar-refractivity contribution in [3.05, 3.63) is 160 Å². The van der Waals surface area contributed by atoms with Crippen molar-refractivity contribution < 1.29 is 4.42 Å². The van der Waals surface area contributed by atoms with Gasteiger partial charge in [0.25, 0.3) is 0 Å². The monoisotopic (exact) mass is 958 g/mol. The Balaban J connectivity index is 1.14. The maximum absolute atomic E-state index is 6.80. The van der Waals surface area contributed by atoms with Crippen LogP contribution in [0.5, 0.6) is 0 Å². The van der Waals surface area contributed by atoms with Crippen LogP contribution in [0, 0.1) is 0 Å². The predicted molar refractivity (Wildman–Crippen MR) is 312 cm³/mol. The molecule has 1 radical (unpaired) electrons. The van der Waals surface area contributed by atoms with Gasteiger partial charge in [0, 0.05) is 50.6 Å². The molecule has 7 aromatic carbocycles. The molecule has 369 valence electrons. The van der Waals surface area contributed by atoms with Crippen molar-refractivity contribution in [2.75, 3.05) is 10.2 Å². The molecule has 0 atom stereocenters. The van der Waals surface area contributed by atoms with Crippen molar-refractivity contribution in [3.8, 4) is 22.3 Å². The minimum Gasteiger partial charge on any atom is -0.456 e. The number of benzene rings is 7. The molecule has 0 saturated heterocycles. The predicted octanol–water partition coefficient (Wildman–Crippen LogP) is 17.8. The lowest BCUT2D eigenvalue weighted by molar-refractivity contribution is 0.332. The largest absolute Gasteiger partial charge is 0.456 e. The molecule has 0 fully saturated rings. The maximum atomic E-state index is 6.80. The van der Waals surface area contributed by atoms with Gasteiger partial charge in [-0.3, -0.25) is 0 Å². The fraction of sp³-hybridized carbons (Fsp3) is 0.391. The molecule has 0 unspecified atom stereocenters. The van der Waals surface area contributed by atoms with Crippen LogP contribution in [0.1, 0.15) is 180 Å². The first-order valence-corrected chi connectivity index (χ1v) is 27.5. The molecule has 2 heterocycles. The molecule has 1 N–H and O–H groups in total. The Morgan fingerprint density at radius 2 is 1.00 bits per heavy atom. The van der Waals surface area contributed by atoms with Gasteiger partial charge in [-0.15, -0.1) is 0 Å². The molecule has 13 rings (SSSR count). The van der Waals surface area contributed by atoms with Crippen LogP contribution in [-0.4, -0.2) is 7.28 Å². The number of furan rings is 1. The van der Waals surface area contributed by atoms with Gasteiger partial charge in [0.05, 0.1) is 5.69 Å². The lowest BCUT2D eigenvalue weighted by Crippen LogP contribution is -2.44. The molecule has 1 aromatic heterocycles. The Bertz CT molecular complexity index is 3680. The molecule has 0 spiro atoms. The van der Waals surface area contributed by atoms with E-state index in [9.17, 15) is 0 Å². The first-order valence-electron chi connectivity index (χ1n) is 27.5. The summed E-state index contributed by atoms with van der Waals surface area (Å²) in [6.07, 6.45) is 7.03. The zero-order valence-corrected chi connectivity index (χ0v) is 46.1. The Morgan fingerprint density at radius 1 is 0.438 bits per heavy atom. The van der Waals surface area contributed by atoms with Crippen molar-refractivity contribution in [3.63, 3.8) is 0 Å². The van der Waals surface area contributed by atoms with E-state index in [4.69, 9.17) is 4.42 Å². The highest BCUT2D eigenvalue weighted by atomic mass is 16.3. The van der Waals surface area contributed by atoms with Gasteiger partial charge in [-0.25, -0.2) is 0 Å². The smallest absolute Gasteiger partial charge is 0.197 e. The van der Waals surface area contributed by atoms with Crippen LogP contribution in [0.15, 0.2) is 120 Å². The number of anilines is 5. The molecular formula is C69H74BN2O. The normalized spacial score (nSPS) is 20.4. The summed E-state index contributed by atoms with van der Waals surface area (Å²) in [7, 11) is 2.59. The van der Waals surface area contributed by atoms with Crippen molar-refractivity contribution in [2.24, 2.45) is 0 Å². The van der Waals surface area contributed by atoms with Crippen molar-refractivity contribution in [1.82, 2.24) is 0 Å². The quantitative estimate of drug-likeness (QED) is 0.178. The average Bonchev–Trinajstić information content (AvgIpc) is 3.82. The minimum atomic E-state index is -0.301. The molecule has 4 heteroatoms. The van der Waals surface area contributed by atoms with E-state index < -0.39 is 0 Å². The van der Waals surface area contributed by atoms with E-state index in [1.807, 2.05) is 0 Å². The van der Waals surface area contributed by atoms with Crippen molar-refractivity contribution >= 4 is 68.6 Å². The Hall–Kier alpha value is -6.00. The van der Waals surface area contributed by atoms with E-state index in [0.717, 1.165) is 59.0 Å². The van der Waals surface area contributed by atoms with E-state index in [1.165, 1.54) is 108 Å². The molecule has 5 aliphatic rings. The van der Waals surface area contributed by atoms with Gasteiger partial charge in [0.2, 0.25) is 0 Å². The summed E-state index contributed by atoms with van der Waals surface area (Å²) in [4.78, 5) is 2.69. The standard InChI is InChI=1S/C69H74BN2O/c1-63(2)27-29-65(5,6)50-33-40(23-25-48(50)63)71-55-39-59-44(43-20-16-18-22-58(43)73-59)35-46(55)60-61-45(42-19-15-17-21-47(42)69(61,13)14)36-57-62(60)70-54-37-52-53(68(11,12)32-31-67(52,9)10)38-56(54)72(57)41-24-26-49-51(34-41)66(7,8)30-28-64(49,3)4/h15-26,33-39,71H,27-32H2,1-14H3. The fourth-order valence-corrected chi connectivity index (χ4v) is 14.7. The summed E-state index contributed by atoms with van der Waals surface area (Å²) < 4.78 is 6.80. The first kappa shape index (κ1) is 46.8. The summed E-state index contributed by atoms with van der Waals surface area (Å²) in [5, 5.41) is 6.43. The van der Waals surface area contributed by atoms with Crippen LogP contribution in [0.2, 0.25) is 0 Å². The van der Waals surface area contributed by atoms with Crippen LogP contribution in [0.25, 0.3) is 44.2 Å².